The van der Waals surface area contributed by atoms with Gasteiger partial charge in [0.1, 0.15) is 5.82 Å². The zero-order valence-electron chi connectivity index (χ0n) is 18.2. The summed E-state index contributed by atoms with van der Waals surface area (Å²) < 4.78 is 13.1. The second-order valence-corrected chi connectivity index (χ2v) is 8.88. The molecular weight excluding hydrogens is 425 g/mol. The molecule has 1 aromatic heterocycles. The molecule has 8 heteroatoms. The quantitative estimate of drug-likeness (QED) is 0.651. The van der Waals surface area contributed by atoms with Crippen molar-refractivity contribution in [1.82, 2.24) is 20.1 Å². The van der Waals surface area contributed by atoms with E-state index in [4.69, 9.17) is 12.2 Å². The van der Waals surface area contributed by atoms with Crippen molar-refractivity contribution in [2.24, 2.45) is 5.92 Å². The predicted molar refractivity (Wildman–Crippen MR) is 128 cm³/mol. The van der Waals surface area contributed by atoms with Gasteiger partial charge in [0.25, 0.3) is 0 Å². The van der Waals surface area contributed by atoms with Crippen LogP contribution < -0.4 is 10.6 Å². The predicted octanol–water partition coefficient (Wildman–Crippen LogP) is 3.41. The van der Waals surface area contributed by atoms with Crippen LogP contribution in [0.5, 0.6) is 0 Å². The van der Waals surface area contributed by atoms with Crippen LogP contribution in [0.1, 0.15) is 31.4 Å². The van der Waals surface area contributed by atoms with E-state index < -0.39 is 0 Å². The van der Waals surface area contributed by atoms with Crippen LogP contribution in [0.15, 0.2) is 48.7 Å². The highest BCUT2D eigenvalue weighted by atomic mass is 32.1. The lowest BCUT2D eigenvalue weighted by Crippen LogP contribution is -2.58. The van der Waals surface area contributed by atoms with Crippen molar-refractivity contribution < 1.29 is 9.18 Å². The van der Waals surface area contributed by atoms with Crippen molar-refractivity contribution in [3.63, 3.8) is 0 Å². The second-order valence-electron chi connectivity index (χ2n) is 8.49. The summed E-state index contributed by atoms with van der Waals surface area (Å²) in [6.07, 6.45) is 6.34. The number of hydrogen-bond acceptors (Lipinski definition) is 4. The minimum absolute atomic E-state index is 0.100. The van der Waals surface area contributed by atoms with Gasteiger partial charge in [-0.2, -0.15) is 0 Å². The molecule has 1 unspecified atom stereocenters. The molecule has 1 aromatic carbocycles. The topological polar surface area (TPSA) is 60.5 Å². The standard InChI is InChI=1S/C24H30FN5OS/c25-19-8-10-20(11-9-19)28-24(32)30-15-13-29(14-16-30)22(18-5-1-2-6-18)23(31)27-17-21-7-3-4-12-26-21/h3-4,7-12,18,22H,1-2,5-6,13-17H2,(H,27,31)(H,28,32). The Labute approximate surface area is 194 Å². The summed E-state index contributed by atoms with van der Waals surface area (Å²) in [6.45, 7) is 3.52. The Balaban J connectivity index is 1.34. The van der Waals surface area contributed by atoms with Crippen molar-refractivity contribution >= 4 is 28.9 Å². The molecule has 0 spiro atoms. The van der Waals surface area contributed by atoms with Gasteiger partial charge in [-0.3, -0.25) is 14.7 Å². The first-order chi connectivity index (χ1) is 15.6. The average Bonchev–Trinajstić information content (AvgIpc) is 3.35. The molecular formula is C24H30FN5OS. The summed E-state index contributed by atoms with van der Waals surface area (Å²) in [4.78, 5) is 22.0. The molecule has 1 amide bonds. The van der Waals surface area contributed by atoms with Crippen molar-refractivity contribution in [1.29, 1.82) is 0 Å². The van der Waals surface area contributed by atoms with Crippen LogP contribution in [-0.4, -0.2) is 58.0 Å². The Hall–Kier alpha value is -2.58. The van der Waals surface area contributed by atoms with Crippen LogP contribution in [-0.2, 0) is 11.3 Å². The van der Waals surface area contributed by atoms with E-state index in [-0.39, 0.29) is 17.8 Å². The lowest BCUT2D eigenvalue weighted by atomic mass is 9.95. The molecule has 1 aliphatic carbocycles. The number of benzene rings is 1. The van der Waals surface area contributed by atoms with Gasteiger partial charge in [-0.25, -0.2) is 4.39 Å². The Bertz CT molecular complexity index is 896. The average molecular weight is 456 g/mol. The largest absolute Gasteiger partial charge is 0.349 e. The lowest BCUT2D eigenvalue weighted by molar-refractivity contribution is -0.129. The number of carbonyl (C=O) groups is 1. The first-order valence-corrected chi connectivity index (χ1v) is 11.7. The van der Waals surface area contributed by atoms with Crippen molar-refractivity contribution in [3.8, 4) is 0 Å². The molecule has 4 rings (SSSR count). The fourth-order valence-electron chi connectivity index (χ4n) is 4.68. The van der Waals surface area contributed by atoms with Crippen LogP contribution in [0.2, 0.25) is 0 Å². The van der Waals surface area contributed by atoms with Gasteiger partial charge in [-0.05, 0) is 67.4 Å². The molecule has 2 heterocycles. The molecule has 6 nitrogen and oxygen atoms in total. The molecule has 2 fully saturated rings. The number of halogens is 1. The molecule has 1 atom stereocenters. The van der Waals surface area contributed by atoms with Crippen molar-refractivity contribution in [3.05, 3.63) is 60.2 Å². The van der Waals surface area contributed by atoms with Crippen LogP contribution in [0.4, 0.5) is 10.1 Å². The molecule has 0 radical (unpaired) electrons. The van der Waals surface area contributed by atoms with E-state index in [1.54, 1.807) is 18.3 Å². The van der Waals surface area contributed by atoms with Gasteiger partial charge in [0, 0.05) is 38.1 Å². The highest BCUT2D eigenvalue weighted by molar-refractivity contribution is 7.80. The third kappa shape index (κ3) is 5.81. The lowest BCUT2D eigenvalue weighted by Gasteiger charge is -2.41. The minimum Gasteiger partial charge on any atom is -0.349 e. The number of rotatable bonds is 6. The molecule has 2 N–H and O–H groups in total. The third-order valence-corrected chi connectivity index (χ3v) is 6.74. The number of thiocarbonyl (C=S) groups is 1. The van der Waals surface area contributed by atoms with E-state index >= 15 is 0 Å². The summed E-state index contributed by atoms with van der Waals surface area (Å²) >= 11 is 5.56. The van der Waals surface area contributed by atoms with E-state index in [1.165, 1.54) is 25.0 Å². The summed E-state index contributed by atoms with van der Waals surface area (Å²) in [5.74, 6) is 0.229. The first-order valence-electron chi connectivity index (χ1n) is 11.3. The Kier molecular flexibility index (Phi) is 7.65. The molecule has 1 aliphatic heterocycles. The monoisotopic (exact) mass is 455 g/mol. The number of pyridine rings is 1. The van der Waals surface area contributed by atoms with Crippen LogP contribution in [0.3, 0.4) is 0 Å². The number of amides is 1. The number of piperazine rings is 1. The Morgan fingerprint density at radius 3 is 2.47 bits per heavy atom. The van der Waals surface area contributed by atoms with E-state index in [0.29, 0.717) is 17.6 Å². The van der Waals surface area contributed by atoms with Gasteiger partial charge in [-0.15, -0.1) is 0 Å². The fourth-order valence-corrected chi connectivity index (χ4v) is 4.98. The Morgan fingerprint density at radius 2 is 1.81 bits per heavy atom. The van der Waals surface area contributed by atoms with Gasteiger partial charge in [0.05, 0.1) is 18.3 Å². The number of nitrogens with zero attached hydrogens (tertiary/aromatic N) is 3. The minimum atomic E-state index is -0.269. The van der Waals surface area contributed by atoms with E-state index in [0.717, 1.165) is 50.4 Å². The van der Waals surface area contributed by atoms with Crippen molar-refractivity contribution in [2.45, 2.75) is 38.3 Å². The maximum atomic E-state index is 13.2. The summed E-state index contributed by atoms with van der Waals surface area (Å²) in [5.41, 5.74) is 1.64. The molecule has 1 saturated heterocycles. The maximum Gasteiger partial charge on any atom is 0.237 e. The molecule has 32 heavy (non-hydrogen) atoms. The molecule has 1 saturated carbocycles. The number of hydrogen-bond donors (Lipinski definition) is 2. The highest BCUT2D eigenvalue weighted by Crippen LogP contribution is 2.31. The number of nitrogens with one attached hydrogen (secondary N) is 2. The fraction of sp³-hybridized carbons (Fsp3) is 0.458. The SMILES string of the molecule is O=C(NCc1ccccn1)C(C1CCCC1)N1CCN(C(=S)Nc2ccc(F)cc2)CC1. The smallest absolute Gasteiger partial charge is 0.237 e. The zero-order valence-corrected chi connectivity index (χ0v) is 19.0. The van der Waals surface area contributed by atoms with Gasteiger partial charge in [-0.1, -0.05) is 18.9 Å². The van der Waals surface area contributed by atoms with E-state index in [1.807, 2.05) is 18.2 Å². The highest BCUT2D eigenvalue weighted by Gasteiger charge is 2.36. The van der Waals surface area contributed by atoms with Gasteiger partial charge in [0.2, 0.25) is 5.91 Å². The maximum absolute atomic E-state index is 13.2. The summed E-state index contributed by atoms with van der Waals surface area (Å²) in [7, 11) is 0. The zero-order chi connectivity index (χ0) is 22.3. The molecule has 0 bridgehead atoms. The summed E-state index contributed by atoms with van der Waals surface area (Å²) in [5, 5.41) is 6.94. The molecule has 2 aliphatic rings. The van der Waals surface area contributed by atoms with E-state index in [9.17, 15) is 9.18 Å². The van der Waals surface area contributed by atoms with Crippen LogP contribution in [0.25, 0.3) is 0 Å². The number of anilines is 1. The van der Waals surface area contributed by atoms with Crippen molar-refractivity contribution in [2.75, 3.05) is 31.5 Å². The van der Waals surface area contributed by atoms with Crippen LogP contribution >= 0.6 is 12.2 Å². The normalized spacial score (nSPS) is 18.3. The number of aromatic nitrogens is 1. The summed E-state index contributed by atoms with van der Waals surface area (Å²) in [6, 6.07) is 11.8. The van der Waals surface area contributed by atoms with E-state index in [2.05, 4.69) is 25.4 Å². The second kappa shape index (κ2) is 10.8. The van der Waals surface area contributed by atoms with Gasteiger partial charge in [0.15, 0.2) is 5.11 Å². The third-order valence-electron chi connectivity index (χ3n) is 6.38. The number of carbonyl (C=O) groups excluding carboxylic acids is 1. The molecule has 170 valence electrons. The molecule has 2 aromatic rings. The van der Waals surface area contributed by atoms with Gasteiger partial charge >= 0.3 is 0 Å². The van der Waals surface area contributed by atoms with Gasteiger partial charge < -0.3 is 15.5 Å². The Morgan fingerprint density at radius 1 is 1.09 bits per heavy atom. The van der Waals surface area contributed by atoms with Crippen LogP contribution in [0, 0.1) is 11.7 Å². The first kappa shape index (κ1) is 22.6.